The van der Waals surface area contributed by atoms with Crippen LogP contribution in [0.15, 0.2) is 47.4 Å². The van der Waals surface area contributed by atoms with E-state index in [2.05, 4.69) is 10.0 Å². The number of aryl methyl sites for hydroxylation is 3. The van der Waals surface area contributed by atoms with Gasteiger partial charge < -0.3 is 5.32 Å². The molecule has 0 aliphatic heterocycles. The topological polar surface area (TPSA) is 75.3 Å². The highest BCUT2D eigenvalue weighted by molar-refractivity contribution is 7.89. The fourth-order valence-corrected chi connectivity index (χ4v) is 3.51. The van der Waals surface area contributed by atoms with E-state index in [0.29, 0.717) is 12.1 Å². The van der Waals surface area contributed by atoms with Crippen LogP contribution in [-0.4, -0.2) is 20.9 Å². The minimum atomic E-state index is -3.71. The molecular weight excluding hydrogens is 324 g/mol. The second-order valence-corrected chi connectivity index (χ2v) is 7.59. The molecular formula is C18H22N2O3S. The Bertz CT molecular complexity index is 828. The minimum Gasteiger partial charge on any atom is -0.351 e. The molecule has 0 atom stereocenters. The first-order chi connectivity index (χ1) is 11.3. The average molecular weight is 346 g/mol. The van der Waals surface area contributed by atoms with Gasteiger partial charge in [0.1, 0.15) is 0 Å². The predicted molar refractivity (Wildman–Crippen MR) is 94.1 cm³/mol. The van der Waals surface area contributed by atoms with E-state index < -0.39 is 10.0 Å². The van der Waals surface area contributed by atoms with Gasteiger partial charge in [-0.2, -0.15) is 0 Å². The van der Waals surface area contributed by atoms with E-state index in [0.717, 1.165) is 16.7 Å². The maximum Gasteiger partial charge on any atom is 0.241 e. The van der Waals surface area contributed by atoms with Crippen molar-refractivity contribution in [3.05, 3.63) is 64.7 Å². The second kappa shape index (κ2) is 7.59. The molecule has 0 fully saturated rings. The number of carbonyl (C=O) groups is 1. The zero-order valence-corrected chi connectivity index (χ0v) is 14.9. The van der Waals surface area contributed by atoms with Crippen LogP contribution in [-0.2, 0) is 21.4 Å². The van der Waals surface area contributed by atoms with Crippen LogP contribution in [0.1, 0.15) is 22.3 Å². The van der Waals surface area contributed by atoms with Gasteiger partial charge in [0, 0.05) is 6.54 Å². The Balaban J connectivity index is 1.93. The molecule has 1 amide bonds. The third-order valence-corrected chi connectivity index (χ3v) is 5.21. The molecule has 2 aromatic rings. The van der Waals surface area contributed by atoms with Crippen LogP contribution in [0.5, 0.6) is 0 Å². The first-order valence-corrected chi connectivity index (χ1v) is 9.15. The lowest BCUT2D eigenvalue weighted by Crippen LogP contribution is -2.36. The predicted octanol–water partition coefficient (Wildman–Crippen LogP) is 2.21. The molecule has 0 spiro atoms. The van der Waals surface area contributed by atoms with E-state index in [1.54, 1.807) is 19.1 Å². The van der Waals surface area contributed by atoms with Crippen LogP contribution in [0, 0.1) is 20.8 Å². The summed E-state index contributed by atoms with van der Waals surface area (Å²) < 4.78 is 27.0. The van der Waals surface area contributed by atoms with Gasteiger partial charge in [-0.05, 0) is 43.5 Å². The van der Waals surface area contributed by atoms with Gasteiger partial charge in [0.05, 0.1) is 11.4 Å². The molecule has 0 aromatic heterocycles. The Hall–Kier alpha value is -2.18. The molecule has 0 radical (unpaired) electrons. The average Bonchev–Trinajstić information content (AvgIpc) is 2.54. The molecule has 2 aromatic carbocycles. The smallest absolute Gasteiger partial charge is 0.241 e. The van der Waals surface area contributed by atoms with Crippen molar-refractivity contribution in [2.45, 2.75) is 32.2 Å². The SMILES string of the molecule is Cc1ccc(CNC(=O)CNS(=O)(=O)c2cc(C)ccc2C)cc1. The fraction of sp³-hybridized carbons (Fsp3) is 0.278. The Kier molecular flexibility index (Phi) is 5.75. The summed E-state index contributed by atoms with van der Waals surface area (Å²) in [5.41, 5.74) is 3.61. The molecule has 0 unspecified atom stereocenters. The van der Waals surface area contributed by atoms with E-state index in [1.165, 1.54) is 0 Å². The van der Waals surface area contributed by atoms with Gasteiger partial charge in [0.2, 0.25) is 15.9 Å². The lowest BCUT2D eigenvalue weighted by atomic mass is 10.1. The quantitative estimate of drug-likeness (QED) is 0.842. The highest BCUT2D eigenvalue weighted by atomic mass is 32.2. The van der Waals surface area contributed by atoms with Crippen LogP contribution in [0.25, 0.3) is 0 Å². The van der Waals surface area contributed by atoms with Crippen molar-refractivity contribution in [1.82, 2.24) is 10.0 Å². The summed E-state index contributed by atoms with van der Waals surface area (Å²) in [4.78, 5) is 12.1. The summed E-state index contributed by atoms with van der Waals surface area (Å²) in [5, 5.41) is 2.70. The van der Waals surface area contributed by atoms with Gasteiger partial charge in [0.25, 0.3) is 0 Å². The second-order valence-electron chi connectivity index (χ2n) is 5.86. The van der Waals surface area contributed by atoms with Crippen LogP contribution < -0.4 is 10.0 Å². The lowest BCUT2D eigenvalue weighted by Gasteiger charge is -2.10. The number of hydrogen-bond acceptors (Lipinski definition) is 3. The number of rotatable bonds is 6. The minimum absolute atomic E-state index is 0.203. The number of amides is 1. The van der Waals surface area contributed by atoms with Crippen LogP contribution in [0.2, 0.25) is 0 Å². The molecule has 0 saturated carbocycles. The highest BCUT2D eigenvalue weighted by Gasteiger charge is 2.17. The van der Waals surface area contributed by atoms with Gasteiger partial charge in [-0.1, -0.05) is 42.0 Å². The van der Waals surface area contributed by atoms with Crippen molar-refractivity contribution in [3.63, 3.8) is 0 Å². The number of carbonyl (C=O) groups excluding carboxylic acids is 1. The van der Waals surface area contributed by atoms with Crippen LogP contribution >= 0.6 is 0 Å². The standard InChI is InChI=1S/C18H22N2O3S/c1-13-5-8-16(9-6-13)11-19-18(21)12-20-24(22,23)17-10-14(2)4-7-15(17)3/h4-10,20H,11-12H2,1-3H3,(H,19,21). The summed E-state index contributed by atoms with van der Waals surface area (Å²) in [6.45, 7) is 5.62. The van der Waals surface area contributed by atoms with Gasteiger partial charge in [0.15, 0.2) is 0 Å². The van der Waals surface area contributed by atoms with E-state index in [4.69, 9.17) is 0 Å². The van der Waals surface area contributed by atoms with Gasteiger partial charge in [-0.3, -0.25) is 4.79 Å². The number of benzene rings is 2. The number of hydrogen-bond donors (Lipinski definition) is 2. The molecule has 0 aliphatic rings. The van der Waals surface area contributed by atoms with Crippen molar-refractivity contribution in [1.29, 1.82) is 0 Å². The third kappa shape index (κ3) is 4.91. The Morgan fingerprint density at radius 1 is 0.958 bits per heavy atom. The zero-order chi connectivity index (χ0) is 17.7. The largest absolute Gasteiger partial charge is 0.351 e. The van der Waals surface area contributed by atoms with Gasteiger partial charge in [-0.15, -0.1) is 0 Å². The molecule has 0 heterocycles. The number of sulfonamides is 1. The Labute approximate surface area is 143 Å². The normalized spacial score (nSPS) is 11.3. The van der Waals surface area contributed by atoms with Crippen molar-refractivity contribution in [2.75, 3.05) is 6.54 Å². The molecule has 128 valence electrons. The van der Waals surface area contributed by atoms with Crippen molar-refractivity contribution < 1.29 is 13.2 Å². The van der Waals surface area contributed by atoms with Crippen LogP contribution in [0.4, 0.5) is 0 Å². The molecule has 2 N–H and O–H groups in total. The summed E-state index contributed by atoms with van der Waals surface area (Å²) in [7, 11) is -3.71. The van der Waals surface area contributed by atoms with E-state index >= 15 is 0 Å². The Morgan fingerprint density at radius 3 is 2.25 bits per heavy atom. The maximum atomic E-state index is 12.3. The molecule has 0 aliphatic carbocycles. The number of nitrogens with one attached hydrogen (secondary N) is 2. The molecule has 6 heteroatoms. The molecule has 0 bridgehead atoms. The van der Waals surface area contributed by atoms with Crippen molar-refractivity contribution >= 4 is 15.9 Å². The summed E-state index contributed by atoms with van der Waals surface area (Å²) >= 11 is 0. The van der Waals surface area contributed by atoms with E-state index in [9.17, 15) is 13.2 Å². The van der Waals surface area contributed by atoms with E-state index in [-0.39, 0.29) is 17.3 Å². The van der Waals surface area contributed by atoms with E-state index in [1.807, 2.05) is 44.2 Å². The maximum absolute atomic E-state index is 12.3. The highest BCUT2D eigenvalue weighted by Crippen LogP contribution is 2.16. The summed E-state index contributed by atoms with van der Waals surface area (Å²) in [5.74, 6) is -0.371. The molecule has 0 saturated heterocycles. The summed E-state index contributed by atoms with van der Waals surface area (Å²) in [6, 6.07) is 13.0. The summed E-state index contributed by atoms with van der Waals surface area (Å²) in [6.07, 6.45) is 0. The fourth-order valence-electron chi connectivity index (χ4n) is 2.20. The third-order valence-electron chi connectivity index (χ3n) is 3.67. The van der Waals surface area contributed by atoms with Gasteiger partial charge >= 0.3 is 0 Å². The van der Waals surface area contributed by atoms with Crippen molar-refractivity contribution in [3.8, 4) is 0 Å². The zero-order valence-electron chi connectivity index (χ0n) is 14.1. The monoisotopic (exact) mass is 346 g/mol. The van der Waals surface area contributed by atoms with Crippen LogP contribution in [0.3, 0.4) is 0 Å². The first-order valence-electron chi connectivity index (χ1n) is 7.67. The van der Waals surface area contributed by atoms with Gasteiger partial charge in [-0.25, -0.2) is 13.1 Å². The first kappa shape index (κ1) is 18.2. The van der Waals surface area contributed by atoms with Crippen molar-refractivity contribution in [2.24, 2.45) is 0 Å². The molecule has 2 rings (SSSR count). The lowest BCUT2D eigenvalue weighted by molar-refractivity contribution is -0.120. The Morgan fingerprint density at radius 2 is 1.58 bits per heavy atom. The molecule has 24 heavy (non-hydrogen) atoms. The molecule has 5 nitrogen and oxygen atoms in total.